The average Bonchev–Trinajstić information content (AvgIpc) is 2.26. The first-order valence-electron chi connectivity index (χ1n) is 4.41. The SMILES string of the molecule is CCc1cccc(C=C(C#N)C#N)c1. The summed E-state index contributed by atoms with van der Waals surface area (Å²) in [5.41, 5.74) is 2.25. The molecule has 0 aliphatic rings. The van der Waals surface area contributed by atoms with Gasteiger partial charge < -0.3 is 0 Å². The zero-order valence-corrected chi connectivity index (χ0v) is 7.99. The number of hydrogen-bond donors (Lipinski definition) is 0. The Morgan fingerprint density at radius 3 is 2.64 bits per heavy atom. The summed E-state index contributed by atoms with van der Waals surface area (Å²) in [5, 5.41) is 17.1. The van der Waals surface area contributed by atoms with E-state index in [1.807, 2.05) is 36.4 Å². The molecule has 0 unspecified atom stereocenters. The number of benzene rings is 1. The third-order valence-corrected chi connectivity index (χ3v) is 1.91. The van der Waals surface area contributed by atoms with E-state index >= 15 is 0 Å². The molecule has 0 atom stereocenters. The fourth-order valence-corrected chi connectivity index (χ4v) is 1.16. The number of nitrogens with zero attached hydrogens (tertiary/aromatic N) is 2. The van der Waals surface area contributed by atoms with Crippen molar-refractivity contribution in [3.8, 4) is 12.1 Å². The van der Waals surface area contributed by atoms with Gasteiger partial charge in [-0.3, -0.25) is 0 Å². The molecular formula is C12H10N2. The van der Waals surface area contributed by atoms with E-state index in [0.29, 0.717) is 0 Å². The summed E-state index contributed by atoms with van der Waals surface area (Å²) in [4.78, 5) is 0. The van der Waals surface area contributed by atoms with Crippen molar-refractivity contribution in [1.29, 1.82) is 10.5 Å². The molecule has 0 aromatic heterocycles. The summed E-state index contributed by atoms with van der Waals surface area (Å²) in [5.74, 6) is 0. The lowest BCUT2D eigenvalue weighted by atomic mass is 10.1. The van der Waals surface area contributed by atoms with E-state index in [4.69, 9.17) is 10.5 Å². The summed E-state index contributed by atoms with van der Waals surface area (Å²) in [6, 6.07) is 11.5. The van der Waals surface area contributed by atoms with Crippen molar-refractivity contribution in [2.75, 3.05) is 0 Å². The Morgan fingerprint density at radius 1 is 1.36 bits per heavy atom. The van der Waals surface area contributed by atoms with Crippen LogP contribution in [-0.2, 0) is 6.42 Å². The summed E-state index contributed by atoms with van der Waals surface area (Å²) < 4.78 is 0. The van der Waals surface area contributed by atoms with Gasteiger partial charge in [0.2, 0.25) is 0 Å². The molecule has 0 radical (unpaired) electrons. The fraction of sp³-hybridized carbons (Fsp3) is 0.167. The van der Waals surface area contributed by atoms with Crippen molar-refractivity contribution in [1.82, 2.24) is 0 Å². The zero-order valence-electron chi connectivity index (χ0n) is 7.99. The first-order chi connectivity index (χ1) is 6.80. The molecule has 1 rings (SSSR count). The Balaban J connectivity index is 3.05. The van der Waals surface area contributed by atoms with E-state index in [1.54, 1.807) is 6.08 Å². The normalized spacial score (nSPS) is 8.50. The molecule has 0 aliphatic heterocycles. The van der Waals surface area contributed by atoms with Gasteiger partial charge in [0.15, 0.2) is 0 Å². The molecule has 0 amide bonds. The van der Waals surface area contributed by atoms with Gasteiger partial charge in [0.05, 0.1) is 0 Å². The van der Waals surface area contributed by atoms with Crippen LogP contribution in [0, 0.1) is 22.7 Å². The molecule has 2 heteroatoms. The Hall–Kier alpha value is -2.06. The zero-order chi connectivity index (χ0) is 10.4. The number of allylic oxidation sites excluding steroid dienone is 1. The minimum absolute atomic E-state index is 0.137. The van der Waals surface area contributed by atoms with E-state index in [0.717, 1.165) is 12.0 Å². The molecular weight excluding hydrogens is 172 g/mol. The molecule has 0 aliphatic carbocycles. The van der Waals surface area contributed by atoms with E-state index in [9.17, 15) is 0 Å². The third kappa shape index (κ3) is 2.47. The standard InChI is InChI=1S/C12H10N2/c1-2-10-4-3-5-11(6-10)7-12(8-13)9-14/h3-7H,2H2,1H3. The van der Waals surface area contributed by atoms with Crippen LogP contribution in [0.5, 0.6) is 0 Å². The lowest BCUT2D eigenvalue weighted by Crippen LogP contribution is -1.81. The number of nitriles is 2. The van der Waals surface area contributed by atoms with Crippen molar-refractivity contribution in [2.24, 2.45) is 0 Å². The molecule has 0 saturated carbocycles. The second kappa shape index (κ2) is 4.84. The summed E-state index contributed by atoms with van der Waals surface area (Å²) in [6.45, 7) is 2.07. The van der Waals surface area contributed by atoms with Crippen molar-refractivity contribution in [3.05, 3.63) is 41.0 Å². The predicted octanol–water partition coefficient (Wildman–Crippen LogP) is 2.68. The molecule has 0 heterocycles. The summed E-state index contributed by atoms with van der Waals surface area (Å²) in [6.07, 6.45) is 2.55. The Morgan fingerprint density at radius 2 is 2.07 bits per heavy atom. The first kappa shape index (κ1) is 10.0. The van der Waals surface area contributed by atoms with E-state index in [1.165, 1.54) is 5.56 Å². The maximum Gasteiger partial charge on any atom is 0.130 e. The molecule has 0 fully saturated rings. The van der Waals surface area contributed by atoms with Gasteiger partial charge >= 0.3 is 0 Å². The molecule has 0 spiro atoms. The van der Waals surface area contributed by atoms with Crippen LogP contribution in [0.3, 0.4) is 0 Å². The summed E-state index contributed by atoms with van der Waals surface area (Å²) in [7, 11) is 0. The van der Waals surface area contributed by atoms with Gasteiger partial charge in [-0.15, -0.1) is 0 Å². The van der Waals surface area contributed by atoms with Gasteiger partial charge in [0.25, 0.3) is 0 Å². The smallest absolute Gasteiger partial charge is 0.130 e. The Bertz CT molecular complexity index is 414. The minimum atomic E-state index is 0.137. The van der Waals surface area contributed by atoms with E-state index in [-0.39, 0.29) is 5.57 Å². The monoisotopic (exact) mass is 182 g/mol. The molecule has 68 valence electrons. The largest absolute Gasteiger partial charge is 0.192 e. The van der Waals surface area contributed by atoms with Crippen LogP contribution in [0.4, 0.5) is 0 Å². The highest BCUT2D eigenvalue weighted by Gasteiger charge is 1.94. The highest BCUT2D eigenvalue weighted by molar-refractivity contribution is 5.62. The van der Waals surface area contributed by atoms with Gasteiger partial charge in [0.1, 0.15) is 17.7 Å². The fourth-order valence-electron chi connectivity index (χ4n) is 1.16. The van der Waals surface area contributed by atoms with Crippen LogP contribution < -0.4 is 0 Å². The van der Waals surface area contributed by atoms with E-state index in [2.05, 4.69) is 6.92 Å². The highest BCUT2D eigenvalue weighted by atomic mass is 14.3. The molecule has 0 saturated heterocycles. The lowest BCUT2D eigenvalue weighted by molar-refractivity contribution is 1.14. The second-order valence-corrected chi connectivity index (χ2v) is 2.88. The van der Waals surface area contributed by atoms with E-state index < -0.39 is 0 Å². The Kier molecular flexibility index (Phi) is 3.47. The first-order valence-corrected chi connectivity index (χ1v) is 4.41. The number of aryl methyl sites for hydroxylation is 1. The number of rotatable bonds is 2. The van der Waals surface area contributed by atoms with Gasteiger partial charge in [-0.05, 0) is 23.6 Å². The van der Waals surface area contributed by atoms with Crippen molar-refractivity contribution < 1.29 is 0 Å². The van der Waals surface area contributed by atoms with Gasteiger partial charge in [-0.25, -0.2) is 0 Å². The van der Waals surface area contributed by atoms with Crippen LogP contribution in [0.2, 0.25) is 0 Å². The molecule has 0 bridgehead atoms. The molecule has 2 nitrogen and oxygen atoms in total. The highest BCUT2D eigenvalue weighted by Crippen LogP contribution is 2.09. The quantitative estimate of drug-likeness (QED) is 0.660. The topological polar surface area (TPSA) is 47.6 Å². The van der Waals surface area contributed by atoms with Crippen LogP contribution in [0.15, 0.2) is 29.8 Å². The second-order valence-electron chi connectivity index (χ2n) is 2.88. The Labute approximate surface area is 83.7 Å². The lowest BCUT2D eigenvalue weighted by Gasteiger charge is -1.97. The minimum Gasteiger partial charge on any atom is -0.192 e. The van der Waals surface area contributed by atoms with Crippen molar-refractivity contribution in [3.63, 3.8) is 0 Å². The predicted molar refractivity (Wildman–Crippen MR) is 55.0 cm³/mol. The third-order valence-electron chi connectivity index (χ3n) is 1.91. The molecule has 1 aromatic rings. The maximum absolute atomic E-state index is 8.57. The van der Waals surface area contributed by atoms with Crippen LogP contribution in [0.1, 0.15) is 18.1 Å². The van der Waals surface area contributed by atoms with Crippen molar-refractivity contribution in [2.45, 2.75) is 13.3 Å². The molecule has 0 N–H and O–H groups in total. The van der Waals surface area contributed by atoms with Gasteiger partial charge in [0, 0.05) is 0 Å². The molecule has 1 aromatic carbocycles. The van der Waals surface area contributed by atoms with Crippen LogP contribution >= 0.6 is 0 Å². The van der Waals surface area contributed by atoms with Gasteiger partial charge in [-0.2, -0.15) is 10.5 Å². The van der Waals surface area contributed by atoms with Crippen molar-refractivity contribution >= 4 is 6.08 Å². The summed E-state index contributed by atoms with van der Waals surface area (Å²) >= 11 is 0. The van der Waals surface area contributed by atoms with Crippen LogP contribution in [-0.4, -0.2) is 0 Å². The molecule has 14 heavy (non-hydrogen) atoms. The average molecular weight is 182 g/mol. The maximum atomic E-state index is 8.57. The number of hydrogen-bond acceptors (Lipinski definition) is 2. The van der Waals surface area contributed by atoms with Gasteiger partial charge in [-0.1, -0.05) is 31.2 Å². The van der Waals surface area contributed by atoms with Crippen LogP contribution in [0.25, 0.3) is 6.08 Å².